The molecular weight excluding hydrogens is 212 g/mol. The van der Waals surface area contributed by atoms with E-state index in [1.165, 1.54) is 0 Å². The first-order valence-corrected chi connectivity index (χ1v) is 5.06. The maximum absolute atomic E-state index is 5.73. The Labute approximate surface area is 93.1 Å². The number of nitrogens with one attached hydrogen (secondary N) is 1. The lowest BCUT2D eigenvalue weighted by molar-refractivity contribution is 0.482. The number of hydrogen-bond acceptors (Lipinski definition) is 3. The molecule has 0 saturated carbocycles. The first kappa shape index (κ1) is 10.2. The van der Waals surface area contributed by atoms with Gasteiger partial charge in [-0.05, 0) is 24.3 Å². The molecule has 2 heterocycles. The predicted octanol–water partition coefficient (Wildman–Crippen LogP) is 2.62. The molecule has 3 nitrogen and oxygen atoms in total. The predicted molar refractivity (Wildman–Crippen MR) is 58.5 cm³/mol. The van der Waals surface area contributed by atoms with Crippen molar-refractivity contribution in [3.05, 3.63) is 53.2 Å². The molecule has 0 fully saturated rings. The van der Waals surface area contributed by atoms with Crippen LogP contribution in [0.2, 0.25) is 5.02 Å². The van der Waals surface area contributed by atoms with Crippen LogP contribution in [0.25, 0.3) is 0 Å². The maximum Gasteiger partial charge on any atom is 0.117 e. The van der Waals surface area contributed by atoms with E-state index in [2.05, 4.69) is 10.3 Å². The zero-order valence-electron chi connectivity index (χ0n) is 8.11. The van der Waals surface area contributed by atoms with E-state index in [0.717, 1.165) is 11.5 Å². The number of nitrogens with zero attached hydrogens (tertiary/aromatic N) is 1. The van der Waals surface area contributed by atoms with Crippen molar-refractivity contribution in [3.63, 3.8) is 0 Å². The van der Waals surface area contributed by atoms with E-state index < -0.39 is 0 Å². The van der Waals surface area contributed by atoms with Crippen molar-refractivity contribution in [2.24, 2.45) is 0 Å². The fraction of sp³-hybridized carbons (Fsp3) is 0.182. The summed E-state index contributed by atoms with van der Waals surface area (Å²) in [6.07, 6.45) is 3.31. The second-order valence-electron chi connectivity index (χ2n) is 3.15. The number of aromatic nitrogens is 1. The van der Waals surface area contributed by atoms with Gasteiger partial charge in [0.1, 0.15) is 5.76 Å². The lowest BCUT2D eigenvalue weighted by atomic mass is 10.3. The van der Waals surface area contributed by atoms with E-state index in [1.54, 1.807) is 12.5 Å². The lowest BCUT2D eigenvalue weighted by Crippen LogP contribution is -2.12. The molecule has 0 aliphatic rings. The maximum atomic E-state index is 5.73. The quantitative estimate of drug-likeness (QED) is 0.864. The second-order valence-corrected chi connectivity index (χ2v) is 3.59. The van der Waals surface area contributed by atoms with Gasteiger partial charge in [-0.3, -0.25) is 4.98 Å². The molecule has 0 radical (unpaired) electrons. The van der Waals surface area contributed by atoms with Crippen molar-refractivity contribution >= 4 is 11.6 Å². The summed E-state index contributed by atoms with van der Waals surface area (Å²) in [5.74, 6) is 0.920. The molecule has 2 aromatic heterocycles. The van der Waals surface area contributed by atoms with Gasteiger partial charge in [-0.25, -0.2) is 0 Å². The van der Waals surface area contributed by atoms with Gasteiger partial charge >= 0.3 is 0 Å². The van der Waals surface area contributed by atoms with Crippen LogP contribution in [0.5, 0.6) is 0 Å². The van der Waals surface area contributed by atoms with Gasteiger partial charge in [0.15, 0.2) is 0 Å². The number of hydrogen-bond donors (Lipinski definition) is 1. The summed E-state index contributed by atoms with van der Waals surface area (Å²) in [7, 11) is 0. The van der Waals surface area contributed by atoms with Gasteiger partial charge in [0.2, 0.25) is 0 Å². The molecule has 2 rings (SSSR count). The fourth-order valence-corrected chi connectivity index (χ4v) is 1.35. The molecule has 0 saturated heterocycles. The average molecular weight is 223 g/mol. The summed E-state index contributed by atoms with van der Waals surface area (Å²) >= 11 is 5.73. The Morgan fingerprint density at radius 3 is 2.87 bits per heavy atom. The van der Waals surface area contributed by atoms with Crippen LogP contribution in [0, 0.1) is 0 Å². The molecule has 2 aromatic rings. The van der Waals surface area contributed by atoms with Crippen LogP contribution in [0.3, 0.4) is 0 Å². The molecule has 0 aliphatic carbocycles. The molecule has 15 heavy (non-hydrogen) atoms. The van der Waals surface area contributed by atoms with E-state index in [-0.39, 0.29) is 0 Å². The van der Waals surface area contributed by atoms with E-state index in [1.807, 2.05) is 24.3 Å². The molecule has 4 heteroatoms. The minimum atomic E-state index is 0.657. The molecule has 78 valence electrons. The molecule has 0 aliphatic heterocycles. The third-order valence-electron chi connectivity index (χ3n) is 1.97. The van der Waals surface area contributed by atoms with E-state index in [9.17, 15) is 0 Å². The topological polar surface area (TPSA) is 38.1 Å². The van der Waals surface area contributed by atoms with Crippen LogP contribution in [0.4, 0.5) is 0 Å². The van der Waals surface area contributed by atoms with Gasteiger partial charge in [0.05, 0.1) is 23.5 Å². The molecule has 0 spiro atoms. The van der Waals surface area contributed by atoms with Crippen molar-refractivity contribution < 1.29 is 4.42 Å². The highest BCUT2D eigenvalue weighted by Crippen LogP contribution is 2.06. The highest BCUT2D eigenvalue weighted by Gasteiger charge is 1.96. The smallest absolute Gasteiger partial charge is 0.117 e. The molecule has 0 atom stereocenters. The minimum Gasteiger partial charge on any atom is -0.468 e. The van der Waals surface area contributed by atoms with Crippen LogP contribution >= 0.6 is 11.6 Å². The van der Waals surface area contributed by atoms with Crippen LogP contribution in [-0.4, -0.2) is 4.98 Å². The molecular formula is C11H11ClN2O. The number of halogens is 1. The Morgan fingerprint density at radius 2 is 2.20 bits per heavy atom. The largest absolute Gasteiger partial charge is 0.468 e. The van der Waals surface area contributed by atoms with Gasteiger partial charge < -0.3 is 9.73 Å². The van der Waals surface area contributed by atoms with Crippen LogP contribution in [-0.2, 0) is 13.1 Å². The van der Waals surface area contributed by atoms with E-state index in [0.29, 0.717) is 18.1 Å². The van der Waals surface area contributed by atoms with Crippen LogP contribution in [0.15, 0.2) is 41.1 Å². The first-order valence-electron chi connectivity index (χ1n) is 4.68. The number of pyridine rings is 1. The zero-order chi connectivity index (χ0) is 10.5. The Kier molecular flexibility index (Phi) is 3.37. The summed E-state index contributed by atoms with van der Waals surface area (Å²) < 4.78 is 5.19. The van der Waals surface area contributed by atoms with Gasteiger partial charge in [0, 0.05) is 12.7 Å². The fourth-order valence-electron chi connectivity index (χ4n) is 1.24. The summed E-state index contributed by atoms with van der Waals surface area (Å²) in [5.41, 5.74) is 0.964. The normalized spacial score (nSPS) is 10.5. The summed E-state index contributed by atoms with van der Waals surface area (Å²) in [4.78, 5) is 4.17. The van der Waals surface area contributed by atoms with Gasteiger partial charge in [-0.2, -0.15) is 0 Å². The average Bonchev–Trinajstić information content (AvgIpc) is 2.74. The third-order valence-corrected chi connectivity index (χ3v) is 2.20. The van der Waals surface area contributed by atoms with Gasteiger partial charge in [-0.1, -0.05) is 11.6 Å². The van der Waals surface area contributed by atoms with Gasteiger partial charge in [0.25, 0.3) is 0 Å². The summed E-state index contributed by atoms with van der Waals surface area (Å²) in [6, 6.07) is 7.54. The third kappa shape index (κ3) is 3.08. The van der Waals surface area contributed by atoms with Crippen molar-refractivity contribution in [1.82, 2.24) is 10.3 Å². The highest BCUT2D eigenvalue weighted by atomic mass is 35.5. The monoisotopic (exact) mass is 222 g/mol. The van der Waals surface area contributed by atoms with Crippen LogP contribution in [0.1, 0.15) is 11.5 Å². The van der Waals surface area contributed by atoms with Crippen molar-refractivity contribution in [1.29, 1.82) is 0 Å². The Morgan fingerprint density at radius 1 is 1.27 bits per heavy atom. The standard InChI is InChI=1S/C11H11ClN2O/c12-9-3-4-10(14-6-9)7-13-8-11-2-1-5-15-11/h1-6,13H,7-8H2. The zero-order valence-corrected chi connectivity index (χ0v) is 8.87. The Bertz CT molecular complexity index is 397. The molecule has 0 bridgehead atoms. The van der Waals surface area contributed by atoms with Crippen LogP contribution < -0.4 is 5.32 Å². The molecule has 1 N–H and O–H groups in total. The Balaban J connectivity index is 1.81. The molecule has 0 unspecified atom stereocenters. The lowest BCUT2D eigenvalue weighted by Gasteiger charge is -2.01. The van der Waals surface area contributed by atoms with Gasteiger partial charge in [-0.15, -0.1) is 0 Å². The van der Waals surface area contributed by atoms with E-state index in [4.69, 9.17) is 16.0 Å². The van der Waals surface area contributed by atoms with Crippen molar-refractivity contribution in [2.45, 2.75) is 13.1 Å². The minimum absolute atomic E-state index is 0.657. The first-order chi connectivity index (χ1) is 7.34. The molecule has 0 amide bonds. The van der Waals surface area contributed by atoms with E-state index >= 15 is 0 Å². The number of rotatable bonds is 4. The summed E-state index contributed by atoms with van der Waals surface area (Å²) in [6.45, 7) is 1.41. The second kappa shape index (κ2) is 4.96. The Hall–Kier alpha value is -1.32. The van der Waals surface area contributed by atoms with Crippen molar-refractivity contribution in [3.8, 4) is 0 Å². The highest BCUT2D eigenvalue weighted by molar-refractivity contribution is 6.30. The number of furan rings is 1. The molecule has 0 aromatic carbocycles. The van der Waals surface area contributed by atoms with Crippen molar-refractivity contribution in [2.75, 3.05) is 0 Å². The summed E-state index contributed by atoms with van der Waals surface area (Å²) in [5, 5.41) is 3.88. The SMILES string of the molecule is Clc1ccc(CNCc2ccco2)nc1.